The third-order valence-electron chi connectivity index (χ3n) is 5.51. The minimum atomic E-state index is 0.248. The molecule has 1 amide bonds. The van der Waals surface area contributed by atoms with Gasteiger partial charge in [-0.05, 0) is 45.1 Å². The number of nitrogens with one attached hydrogen (secondary N) is 1. The molecule has 0 aliphatic carbocycles. The van der Waals surface area contributed by atoms with Crippen molar-refractivity contribution >= 4 is 5.91 Å². The second-order valence-electron chi connectivity index (χ2n) is 7.26. The van der Waals surface area contributed by atoms with Crippen LogP contribution in [0, 0.1) is 11.8 Å². The molecule has 3 fully saturated rings. The fourth-order valence-corrected chi connectivity index (χ4v) is 4.06. The maximum Gasteiger partial charge on any atom is 0.225 e. The van der Waals surface area contributed by atoms with Crippen molar-refractivity contribution < 1.29 is 9.53 Å². The first-order valence-corrected chi connectivity index (χ1v) is 9.04. The summed E-state index contributed by atoms with van der Waals surface area (Å²) in [5, 5.41) is 3.43. The highest BCUT2D eigenvalue weighted by Gasteiger charge is 2.30. The third kappa shape index (κ3) is 4.21. The molecule has 22 heavy (non-hydrogen) atoms. The number of piperazine rings is 1. The molecule has 2 atom stereocenters. The van der Waals surface area contributed by atoms with Gasteiger partial charge in [-0.15, -0.1) is 0 Å². The Kier molecular flexibility index (Phi) is 5.71. The van der Waals surface area contributed by atoms with Crippen molar-refractivity contribution in [2.75, 3.05) is 52.5 Å². The van der Waals surface area contributed by atoms with Crippen molar-refractivity contribution in [3.8, 4) is 0 Å². The zero-order valence-electron chi connectivity index (χ0n) is 13.9. The Balaban J connectivity index is 1.41. The Morgan fingerprint density at radius 2 is 1.86 bits per heavy atom. The van der Waals surface area contributed by atoms with E-state index in [0.29, 0.717) is 11.9 Å². The van der Waals surface area contributed by atoms with Crippen molar-refractivity contribution in [2.24, 2.45) is 11.8 Å². The quantitative estimate of drug-likeness (QED) is 0.843. The summed E-state index contributed by atoms with van der Waals surface area (Å²) in [6, 6.07) is 0.484. The first-order chi connectivity index (χ1) is 10.7. The lowest BCUT2D eigenvalue weighted by Gasteiger charge is -2.39. The van der Waals surface area contributed by atoms with Crippen molar-refractivity contribution in [3.05, 3.63) is 0 Å². The van der Waals surface area contributed by atoms with E-state index in [1.807, 2.05) is 0 Å². The SMILES string of the molecule is C[C@H]1C[C@@H](C(=O)N2CCN(CC3CCOCC3)CC2)CCN1. The predicted molar refractivity (Wildman–Crippen MR) is 86.8 cm³/mol. The van der Waals surface area contributed by atoms with E-state index >= 15 is 0 Å². The minimum absolute atomic E-state index is 0.248. The standard InChI is InChI=1S/C17H31N3O2/c1-14-12-16(2-5-18-14)17(21)20-8-6-19(7-9-20)13-15-3-10-22-11-4-15/h14-16,18H,2-13H2,1H3/t14-,16-/m0/s1. The zero-order chi connectivity index (χ0) is 15.4. The maximum absolute atomic E-state index is 12.7. The van der Waals surface area contributed by atoms with Gasteiger partial charge < -0.3 is 15.0 Å². The van der Waals surface area contributed by atoms with Gasteiger partial charge in [0.25, 0.3) is 0 Å². The summed E-state index contributed by atoms with van der Waals surface area (Å²) in [5.74, 6) is 1.44. The summed E-state index contributed by atoms with van der Waals surface area (Å²) in [4.78, 5) is 17.3. The van der Waals surface area contributed by atoms with Crippen LogP contribution in [0.25, 0.3) is 0 Å². The third-order valence-corrected chi connectivity index (χ3v) is 5.51. The van der Waals surface area contributed by atoms with Gasteiger partial charge in [-0.3, -0.25) is 9.69 Å². The van der Waals surface area contributed by atoms with Crippen molar-refractivity contribution in [1.82, 2.24) is 15.1 Å². The molecule has 3 aliphatic rings. The maximum atomic E-state index is 12.7. The minimum Gasteiger partial charge on any atom is -0.381 e. The van der Waals surface area contributed by atoms with Crippen LogP contribution >= 0.6 is 0 Å². The molecule has 0 radical (unpaired) electrons. The van der Waals surface area contributed by atoms with Gasteiger partial charge in [0, 0.05) is 57.9 Å². The van der Waals surface area contributed by atoms with Crippen molar-refractivity contribution in [2.45, 2.75) is 38.6 Å². The number of piperidine rings is 1. The van der Waals surface area contributed by atoms with Crippen LogP contribution < -0.4 is 5.32 Å². The van der Waals surface area contributed by atoms with E-state index < -0.39 is 0 Å². The van der Waals surface area contributed by atoms with Crippen LogP contribution in [0.4, 0.5) is 0 Å². The topological polar surface area (TPSA) is 44.8 Å². The van der Waals surface area contributed by atoms with Crippen LogP contribution in [0.5, 0.6) is 0 Å². The summed E-state index contributed by atoms with van der Waals surface area (Å²) >= 11 is 0. The molecule has 3 saturated heterocycles. The molecule has 0 bridgehead atoms. The van der Waals surface area contributed by atoms with Crippen molar-refractivity contribution in [1.29, 1.82) is 0 Å². The Hall–Kier alpha value is -0.650. The molecule has 3 heterocycles. The number of hydrogen-bond acceptors (Lipinski definition) is 4. The Bertz CT molecular complexity index is 363. The highest BCUT2D eigenvalue weighted by molar-refractivity contribution is 5.79. The molecule has 0 saturated carbocycles. The first kappa shape index (κ1) is 16.2. The fraction of sp³-hybridized carbons (Fsp3) is 0.941. The molecule has 0 unspecified atom stereocenters. The highest BCUT2D eigenvalue weighted by atomic mass is 16.5. The molecule has 126 valence electrons. The van der Waals surface area contributed by atoms with Crippen LogP contribution in [0.15, 0.2) is 0 Å². The summed E-state index contributed by atoms with van der Waals surface area (Å²) in [6.45, 7) is 10.1. The second-order valence-corrected chi connectivity index (χ2v) is 7.26. The predicted octanol–water partition coefficient (Wildman–Crippen LogP) is 0.945. The van der Waals surface area contributed by atoms with Gasteiger partial charge in [-0.2, -0.15) is 0 Å². The Morgan fingerprint density at radius 3 is 2.55 bits per heavy atom. The molecule has 3 rings (SSSR count). The lowest BCUT2D eigenvalue weighted by Crippen LogP contribution is -2.52. The molecular formula is C17H31N3O2. The van der Waals surface area contributed by atoms with E-state index in [0.717, 1.165) is 64.7 Å². The molecule has 0 aromatic carbocycles. The van der Waals surface area contributed by atoms with Crippen LogP contribution in [-0.2, 0) is 9.53 Å². The van der Waals surface area contributed by atoms with Crippen LogP contribution in [0.2, 0.25) is 0 Å². The Labute approximate surface area is 134 Å². The monoisotopic (exact) mass is 309 g/mol. The van der Waals surface area contributed by atoms with Gasteiger partial charge >= 0.3 is 0 Å². The molecule has 3 aliphatic heterocycles. The van der Waals surface area contributed by atoms with Gasteiger partial charge in [0.05, 0.1) is 0 Å². The average molecular weight is 309 g/mol. The summed E-state index contributed by atoms with van der Waals surface area (Å²) in [6.07, 6.45) is 4.41. The number of rotatable bonds is 3. The largest absolute Gasteiger partial charge is 0.381 e. The van der Waals surface area contributed by atoms with Crippen LogP contribution in [0.3, 0.4) is 0 Å². The fourth-order valence-electron chi connectivity index (χ4n) is 4.06. The number of carbonyl (C=O) groups is 1. The number of ether oxygens (including phenoxy) is 1. The van der Waals surface area contributed by atoms with E-state index in [1.165, 1.54) is 19.4 Å². The molecule has 0 aromatic heterocycles. The van der Waals surface area contributed by atoms with Gasteiger partial charge in [-0.1, -0.05) is 0 Å². The molecule has 0 aromatic rings. The van der Waals surface area contributed by atoms with Gasteiger partial charge in [0.15, 0.2) is 0 Å². The summed E-state index contributed by atoms with van der Waals surface area (Å²) in [7, 11) is 0. The van der Waals surface area contributed by atoms with E-state index in [-0.39, 0.29) is 5.92 Å². The lowest BCUT2D eigenvalue weighted by atomic mass is 9.91. The lowest BCUT2D eigenvalue weighted by molar-refractivity contribution is -0.138. The van der Waals surface area contributed by atoms with Gasteiger partial charge in [0.2, 0.25) is 5.91 Å². The van der Waals surface area contributed by atoms with E-state index in [9.17, 15) is 4.79 Å². The number of nitrogens with zero attached hydrogens (tertiary/aromatic N) is 2. The van der Waals surface area contributed by atoms with Crippen LogP contribution in [0.1, 0.15) is 32.6 Å². The number of hydrogen-bond donors (Lipinski definition) is 1. The molecule has 5 heteroatoms. The van der Waals surface area contributed by atoms with Crippen LogP contribution in [-0.4, -0.2) is 74.2 Å². The smallest absolute Gasteiger partial charge is 0.225 e. The molecule has 1 N–H and O–H groups in total. The second kappa shape index (κ2) is 7.75. The van der Waals surface area contributed by atoms with E-state index in [2.05, 4.69) is 22.0 Å². The van der Waals surface area contributed by atoms with Crippen molar-refractivity contribution in [3.63, 3.8) is 0 Å². The highest BCUT2D eigenvalue weighted by Crippen LogP contribution is 2.21. The summed E-state index contributed by atoms with van der Waals surface area (Å²) in [5.41, 5.74) is 0. The number of carbonyl (C=O) groups excluding carboxylic acids is 1. The summed E-state index contributed by atoms with van der Waals surface area (Å²) < 4.78 is 5.44. The normalized spacial score (nSPS) is 32.1. The van der Waals surface area contributed by atoms with E-state index in [4.69, 9.17) is 4.74 Å². The van der Waals surface area contributed by atoms with Gasteiger partial charge in [0.1, 0.15) is 0 Å². The molecular weight excluding hydrogens is 278 g/mol. The van der Waals surface area contributed by atoms with E-state index in [1.54, 1.807) is 0 Å². The molecule has 0 spiro atoms. The average Bonchev–Trinajstić information content (AvgIpc) is 2.56. The molecule has 5 nitrogen and oxygen atoms in total. The van der Waals surface area contributed by atoms with Gasteiger partial charge in [-0.25, -0.2) is 0 Å². The first-order valence-electron chi connectivity index (χ1n) is 9.04. The number of amides is 1. The Morgan fingerprint density at radius 1 is 1.14 bits per heavy atom. The zero-order valence-corrected chi connectivity index (χ0v) is 13.9.